The molecule has 2 bridgehead atoms. The van der Waals surface area contributed by atoms with Crippen LogP contribution in [-0.4, -0.2) is 11.0 Å². The highest BCUT2D eigenvalue weighted by Crippen LogP contribution is 2.66. The lowest BCUT2D eigenvalue weighted by molar-refractivity contribution is 0.456. The Morgan fingerprint density at radius 1 is 1.28 bits per heavy atom. The van der Waals surface area contributed by atoms with E-state index >= 15 is 0 Å². The summed E-state index contributed by atoms with van der Waals surface area (Å²) in [5.74, 6) is 4.42. The number of aromatic nitrogens is 1. The Kier molecular flexibility index (Phi) is 2.14. The minimum atomic E-state index is 0.315. The second-order valence-electron chi connectivity index (χ2n) is 5.80. The second kappa shape index (κ2) is 3.61. The first-order valence-corrected chi connectivity index (χ1v) is 6.99. The Hall–Kier alpha value is -1.27. The van der Waals surface area contributed by atoms with E-state index in [4.69, 9.17) is 16.9 Å². The van der Waals surface area contributed by atoms with E-state index in [2.05, 4.69) is 10.3 Å². The van der Waals surface area contributed by atoms with Crippen LogP contribution in [0.25, 0.3) is 0 Å². The molecule has 3 nitrogen and oxygen atoms in total. The Balaban J connectivity index is 1.52. The van der Waals surface area contributed by atoms with E-state index in [0.29, 0.717) is 16.8 Å². The van der Waals surface area contributed by atoms with Crippen molar-refractivity contribution >= 4 is 17.4 Å². The van der Waals surface area contributed by atoms with Crippen molar-refractivity contribution in [3.05, 3.63) is 22.8 Å². The average molecular weight is 260 g/mol. The number of hydrogen-bond acceptors (Lipinski definition) is 3. The van der Waals surface area contributed by atoms with Gasteiger partial charge in [0.15, 0.2) is 5.69 Å². The zero-order chi connectivity index (χ0) is 12.3. The molecular formula is C14H14ClN3. The number of rotatable bonds is 2. The topological polar surface area (TPSA) is 48.7 Å². The largest absolute Gasteiger partial charge is 0.367 e. The highest BCUT2D eigenvalue weighted by atomic mass is 35.5. The van der Waals surface area contributed by atoms with Gasteiger partial charge in [-0.05, 0) is 55.1 Å². The summed E-state index contributed by atoms with van der Waals surface area (Å²) < 4.78 is 0. The summed E-state index contributed by atoms with van der Waals surface area (Å²) >= 11 is 5.89. The third-order valence-corrected chi connectivity index (χ3v) is 5.31. The van der Waals surface area contributed by atoms with Crippen molar-refractivity contribution in [1.82, 2.24) is 4.98 Å². The number of nitriles is 1. The van der Waals surface area contributed by atoms with Crippen LogP contribution in [0, 0.1) is 35.0 Å². The van der Waals surface area contributed by atoms with E-state index < -0.39 is 0 Å². The Bertz CT molecular complexity index is 534. The smallest absolute Gasteiger partial charge is 0.161 e. The molecule has 4 unspecified atom stereocenters. The molecule has 0 spiro atoms. The summed E-state index contributed by atoms with van der Waals surface area (Å²) in [6.45, 7) is 0. The molecule has 0 radical (unpaired) electrons. The van der Waals surface area contributed by atoms with Crippen molar-refractivity contribution in [3.63, 3.8) is 0 Å². The molecule has 3 saturated carbocycles. The van der Waals surface area contributed by atoms with Crippen LogP contribution in [0.3, 0.4) is 0 Å². The molecule has 3 aliphatic carbocycles. The summed E-state index contributed by atoms with van der Waals surface area (Å²) in [6.07, 6.45) is 4.29. The van der Waals surface area contributed by atoms with Gasteiger partial charge < -0.3 is 5.32 Å². The fraction of sp³-hybridized carbons (Fsp3) is 0.571. The summed E-state index contributed by atoms with van der Waals surface area (Å²) in [5.41, 5.74) is 0.315. The van der Waals surface area contributed by atoms with E-state index in [1.165, 1.54) is 19.3 Å². The molecule has 4 rings (SSSR count). The van der Waals surface area contributed by atoms with Crippen LogP contribution >= 0.6 is 11.6 Å². The van der Waals surface area contributed by atoms with Gasteiger partial charge in [-0.15, -0.1) is 0 Å². The molecule has 1 N–H and O–H groups in total. The Labute approximate surface area is 111 Å². The van der Waals surface area contributed by atoms with Gasteiger partial charge >= 0.3 is 0 Å². The predicted molar refractivity (Wildman–Crippen MR) is 69.2 cm³/mol. The van der Waals surface area contributed by atoms with Crippen LogP contribution in [0.4, 0.5) is 5.82 Å². The van der Waals surface area contributed by atoms with Gasteiger partial charge in [-0.25, -0.2) is 4.98 Å². The first-order chi connectivity index (χ1) is 8.78. The van der Waals surface area contributed by atoms with Crippen LogP contribution in [0.2, 0.25) is 5.02 Å². The molecule has 3 aliphatic rings. The number of pyridine rings is 1. The normalized spacial score (nSPS) is 39.2. The van der Waals surface area contributed by atoms with Gasteiger partial charge in [0.05, 0.1) is 5.02 Å². The molecule has 0 aromatic carbocycles. The molecule has 0 aliphatic heterocycles. The number of halogens is 1. The van der Waals surface area contributed by atoms with Crippen LogP contribution < -0.4 is 5.32 Å². The van der Waals surface area contributed by atoms with Gasteiger partial charge in [0.2, 0.25) is 0 Å². The lowest BCUT2D eigenvalue weighted by Crippen LogP contribution is -2.13. The fourth-order valence-corrected chi connectivity index (χ4v) is 4.44. The van der Waals surface area contributed by atoms with Gasteiger partial charge in [0.1, 0.15) is 11.9 Å². The minimum absolute atomic E-state index is 0.315. The molecule has 4 heteroatoms. The molecule has 18 heavy (non-hydrogen) atoms. The van der Waals surface area contributed by atoms with Gasteiger partial charge in [-0.2, -0.15) is 5.26 Å². The predicted octanol–water partition coefficient (Wildman–Crippen LogP) is 3.06. The van der Waals surface area contributed by atoms with Crippen LogP contribution in [0.15, 0.2) is 12.1 Å². The number of nitrogens with one attached hydrogen (secondary N) is 1. The van der Waals surface area contributed by atoms with Gasteiger partial charge in [-0.3, -0.25) is 0 Å². The van der Waals surface area contributed by atoms with E-state index in [1.54, 1.807) is 6.07 Å². The molecule has 3 fully saturated rings. The first-order valence-electron chi connectivity index (χ1n) is 6.61. The molecule has 1 aromatic heterocycles. The maximum absolute atomic E-state index is 8.92. The number of fused-ring (bicyclic) bond motifs is 5. The summed E-state index contributed by atoms with van der Waals surface area (Å²) in [6, 6.07) is 6.25. The molecule has 1 aromatic rings. The average Bonchev–Trinajstić information content (AvgIpc) is 2.78. The zero-order valence-electron chi connectivity index (χ0n) is 9.94. The van der Waals surface area contributed by atoms with Crippen molar-refractivity contribution in [3.8, 4) is 6.07 Å². The molecule has 92 valence electrons. The summed E-state index contributed by atoms with van der Waals surface area (Å²) in [5, 5.41) is 12.9. The third-order valence-electron chi connectivity index (χ3n) is 5.00. The maximum Gasteiger partial charge on any atom is 0.161 e. The van der Waals surface area contributed by atoms with E-state index in [1.807, 2.05) is 12.1 Å². The molecular weight excluding hydrogens is 246 g/mol. The second-order valence-corrected chi connectivity index (χ2v) is 6.20. The quantitative estimate of drug-likeness (QED) is 0.888. The Morgan fingerprint density at radius 2 is 2.00 bits per heavy atom. The highest BCUT2D eigenvalue weighted by molar-refractivity contribution is 6.31. The van der Waals surface area contributed by atoms with Crippen molar-refractivity contribution in [1.29, 1.82) is 5.26 Å². The van der Waals surface area contributed by atoms with Gasteiger partial charge in [0.25, 0.3) is 0 Å². The SMILES string of the molecule is N#Cc1nc(NC2C3C4CCC(C4)C23)ccc1Cl. The number of anilines is 1. The van der Waals surface area contributed by atoms with Crippen molar-refractivity contribution < 1.29 is 0 Å². The van der Waals surface area contributed by atoms with Crippen molar-refractivity contribution in [2.45, 2.75) is 25.3 Å². The van der Waals surface area contributed by atoms with Crippen LogP contribution in [0.1, 0.15) is 25.0 Å². The molecule has 1 heterocycles. The van der Waals surface area contributed by atoms with Crippen LogP contribution in [0.5, 0.6) is 0 Å². The number of nitrogens with zero attached hydrogens (tertiary/aromatic N) is 2. The fourth-order valence-electron chi connectivity index (χ4n) is 4.29. The first kappa shape index (κ1) is 10.6. The molecule has 4 atom stereocenters. The van der Waals surface area contributed by atoms with Gasteiger partial charge in [0, 0.05) is 6.04 Å². The lowest BCUT2D eigenvalue weighted by Gasteiger charge is -2.11. The maximum atomic E-state index is 8.92. The van der Waals surface area contributed by atoms with E-state index in [0.717, 1.165) is 29.5 Å². The van der Waals surface area contributed by atoms with Crippen molar-refractivity contribution in [2.75, 3.05) is 5.32 Å². The van der Waals surface area contributed by atoms with E-state index in [9.17, 15) is 0 Å². The van der Waals surface area contributed by atoms with E-state index in [-0.39, 0.29) is 0 Å². The molecule has 0 saturated heterocycles. The minimum Gasteiger partial charge on any atom is -0.367 e. The third kappa shape index (κ3) is 1.39. The Morgan fingerprint density at radius 3 is 2.67 bits per heavy atom. The van der Waals surface area contributed by atoms with Gasteiger partial charge in [-0.1, -0.05) is 11.6 Å². The monoisotopic (exact) mass is 259 g/mol. The highest BCUT2D eigenvalue weighted by Gasteiger charge is 2.65. The van der Waals surface area contributed by atoms with Crippen molar-refractivity contribution in [2.24, 2.45) is 23.7 Å². The van der Waals surface area contributed by atoms with Crippen LogP contribution in [-0.2, 0) is 0 Å². The zero-order valence-corrected chi connectivity index (χ0v) is 10.7. The molecule has 0 amide bonds. The summed E-state index contributed by atoms with van der Waals surface area (Å²) in [7, 11) is 0. The standard InChI is InChI=1S/C14H14ClN3/c15-9-3-4-11(17-10(9)6-16)18-14-12-7-1-2-8(5-7)13(12)14/h3-4,7-8,12-14H,1-2,5H2,(H,17,18). The lowest BCUT2D eigenvalue weighted by atomic mass is 10.0. The summed E-state index contributed by atoms with van der Waals surface area (Å²) in [4.78, 5) is 4.26. The number of hydrogen-bond donors (Lipinski definition) is 1.